The van der Waals surface area contributed by atoms with Gasteiger partial charge in [-0.15, -0.1) is 0 Å². The van der Waals surface area contributed by atoms with E-state index in [-0.39, 0.29) is 12.0 Å². The molecule has 24 heavy (non-hydrogen) atoms. The Bertz CT molecular complexity index is 584. The average molecular weight is 334 g/mol. The third-order valence-corrected chi connectivity index (χ3v) is 5.40. The molecule has 0 radical (unpaired) electrons. The molecule has 0 aliphatic carbocycles. The fourth-order valence-corrected chi connectivity index (χ4v) is 4.15. The van der Waals surface area contributed by atoms with Crippen LogP contribution in [0.15, 0.2) is 12.4 Å². The number of hydrogen-bond donors (Lipinski definition) is 0. The number of aryl methyl sites for hydroxylation is 1. The van der Waals surface area contributed by atoms with Gasteiger partial charge in [0.15, 0.2) is 0 Å². The summed E-state index contributed by atoms with van der Waals surface area (Å²) in [5.74, 6) is 0.886. The number of carbonyl (C=O) groups is 1. The normalized spacial score (nSPS) is 30.7. The molecule has 3 atom stereocenters. The van der Waals surface area contributed by atoms with Crippen molar-refractivity contribution in [3.05, 3.63) is 18.0 Å². The molecule has 0 N–H and O–H groups in total. The van der Waals surface area contributed by atoms with Crippen LogP contribution in [0.1, 0.15) is 24.8 Å². The summed E-state index contributed by atoms with van der Waals surface area (Å²) in [7, 11) is 1.94. The smallest absolute Gasteiger partial charge is 0.246 e. The molecular weight excluding hydrogens is 308 g/mol. The molecule has 7 nitrogen and oxygen atoms in total. The highest BCUT2D eigenvalue weighted by Gasteiger charge is 2.44. The first-order valence-electron chi connectivity index (χ1n) is 8.94. The van der Waals surface area contributed by atoms with Crippen molar-refractivity contribution in [2.75, 3.05) is 32.8 Å². The molecule has 3 aliphatic rings. The van der Waals surface area contributed by atoms with E-state index < -0.39 is 0 Å². The summed E-state index contributed by atoms with van der Waals surface area (Å²) >= 11 is 0. The number of fused-ring (bicyclic) bond motifs is 1. The van der Waals surface area contributed by atoms with Gasteiger partial charge in [-0.05, 0) is 18.8 Å². The highest BCUT2D eigenvalue weighted by molar-refractivity contribution is 5.75. The molecule has 3 saturated heterocycles. The molecule has 1 aromatic heterocycles. The number of hydrogen-bond acceptors (Lipinski definition) is 5. The van der Waals surface area contributed by atoms with Crippen molar-refractivity contribution >= 4 is 5.91 Å². The average Bonchev–Trinajstić information content (AvgIpc) is 3.26. The van der Waals surface area contributed by atoms with Crippen LogP contribution in [0.2, 0.25) is 0 Å². The van der Waals surface area contributed by atoms with Gasteiger partial charge >= 0.3 is 0 Å². The second kappa shape index (κ2) is 6.82. The van der Waals surface area contributed by atoms with E-state index in [9.17, 15) is 4.79 Å². The van der Waals surface area contributed by atoms with E-state index in [4.69, 9.17) is 9.57 Å². The second-order valence-corrected chi connectivity index (χ2v) is 7.25. The molecule has 4 rings (SSSR count). The van der Waals surface area contributed by atoms with E-state index in [1.54, 1.807) is 5.06 Å². The summed E-state index contributed by atoms with van der Waals surface area (Å²) in [6.45, 7) is 4.95. The summed E-state index contributed by atoms with van der Waals surface area (Å²) in [6, 6.07) is 0. The van der Waals surface area contributed by atoms with Crippen LogP contribution >= 0.6 is 0 Å². The molecule has 4 heterocycles. The van der Waals surface area contributed by atoms with E-state index in [1.807, 2.05) is 17.9 Å². The lowest BCUT2D eigenvalue weighted by Gasteiger charge is -2.27. The van der Waals surface area contributed by atoms with E-state index in [2.05, 4.69) is 16.2 Å². The molecule has 0 bridgehead atoms. The van der Waals surface area contributed by atoms with Crippen LogP contribution in [-0.4, -0.2) is 64.6 Å². The number of carbonyl (C=O) groups excluding carboxylic acids is 1. The second-order valence-electron chi connectivity index (χ2n) is 7.25. The van der Waals surface area contributed by atoms with Crippen LogP contribution in [-0.2, 0) is 28.0 Å². The minimum atomic E-state index is 0.120. The summed E-state index contributed by atoms with van der Waals surface area (Å²) in [6.07, 6.45) is 6.87. The quantitative estimate of drug-likeness (QED) is 0.816. The highest BCUT2D eigenvalue weighted by atomic mass is 16.7. The molecular formula is C17H26N4O3. The number of hydroxylamine groups is 2. The van der Waals surface area contributed by atoms with Crippen LogP contribution in [0.3, 0.4) is 0 Å². The Balaban J connectivity index is 1.31. The van der Waals surface area contributed by atoms with Crippen LogP contribution < -0.4 is 0 Å². The number of aromatic nitrogens is 2. The SMILES string of the molecule is Cn1cc(CN2C[C@@H]3[C@@H](CC(=O)N4CCCCO4)CO[C@@H]3C2)cn1. The van der Waals surface area contributed by atoms with Gasteiger partial charge < -0.3 is 4.74 Å². The van der Waals surface area contributed by atoms with Gasteiger partial charge in [0.05, 0.1) is 25.5 Å². The maximum Gasteiger partial charge on any atom is 0.246 e. The fourth-order valence-electron chi connectivity index (χ4n) is 4.15. The monoisotopic (exact) mass is 334 g/mol. The van der Waals surface area contributed by atoms with Crippen molar-refractivity contribution in [2.45, 2.75) is 31.9 Å². The third kappa shape index (κ3) is 3.34. The van der Waals surface area contributed by atoms with Crippen molar-refractivity contribution < 1.29 is 14.4 Å². The Hall–Kier alpha value is -1.44. The summed E-state index contributed by atoms with van der Waals surface area (Å²) in [4.78, 5) is 20.3. The minimum Gasteiger partial charge on any atom is -0.376 e. The van der Waals surface area contributed by atoms with Crippen LogP contribution in [0.25, 0.3) is 0 Å². The minimum absolute atomic E-state index is 0.120. The van der Waals surface area contributed by atoms with Crippen LogP contribution in [0, 0.1) is 11.8 Å². The van der Waals surface area contributed by atoms with Crippen molar-refractivity contribution in [3.63, 3.8) is 0 Å². The molecule has 0 unspecified atom stereocenters. The summed E-state index contributed by atoms with van der Waals surface area (Å²) < 4.78 is 7.81. The van der Waals surface area contributed by atoms with E-state index in [1.165, 1.54) is 5.56 Å². The maximum absolute atomic E-state index is 12.4. The van der Waals surface area contributed by atoms with E-state index >= 15 is 0 Å². The van der Waals surface area contributed by atoms with E-state index in [0.29, 0.717) is 31.5 Å². The first kappa shape index (κ1) is 16.1. The summed E-state index contributed by atoms with van der Waals surface area (Å²) in [5.41, 5.74) is 1.23. The Morgan fingerprint density at radius 2 is 2.29 bits per heavy atom. The third-order valence-electron chi connectivity index (χ3n) is 5.40. The standard InChI is InChI=1S/C17H26N4O3/c1-19-8-13(7-18-19)9-20-10-15-14(12-23-16(15)11-20)6-17(22)21-4-2-3-5-24-21/h7-8,14-16H,2-6,9-12H2,1H3/t14-,15+,16+/m0/s1. The number of ether oxygens (including phenoxy) is 1. The topological polar surface area (TPSA) is 59.8 Å². The molecule has 1 aromatic rings. The lowest BCUT2D eigenvalue weighted by molar-refractivity contribution is -0.198. The Morgan fingerprint density at radius 3 is 3.04 bits per heavy atom. The predicted molar refractivity (Wildman–Crippen MR) is 86.7 cm³/mol. The first-order chi connectivity index (χ1) is 11.7. The van der Waals surface area contributed by atoms with Crippen molar-refractivity contribution in [1.29, 1.82) is 0 Å². The zero-order valence-electron chi connectivity index (χ0n) is 14.3. The molecule has 0 spiro atoms. The van der Waals surface area contributed by atoms with Gasteiger partial charge in [0.25, 0.3) is 0 Å². The number of likely N-dealkylation sites (tertiary alicyclic amines) is 1. The van der Waals surface area contributed by atoms with Crippen LogP contribution in [0.4, 0.5) is 0 Å². The predicted octanol–water partition coefficient (Wildman–Crippen LogP) is 0.811. The maximum atomic E-state index is 12.4. The van der Waals surface area contributed by atoms with Gasteiger partial charge in [-0.1, -0.05) is 0 Å². The number of rotatable bonds is 4. The van der Waals surface area contributed by atoms with Gasteiger partial charge in [-0.2, -0.15) is 5.10 Å². The van der Waals surface area contributed by atoms with E-state index in [0.717, 1.165) is 39.0 Å². The van der Waals surface area contributed by atoms with Crippen molar-refractivity contribution in [1.82, 2.24) is 19.7 Å². The van der Waals surface area contributed by atoms with Gasteiger partial charge in [-0.25, -0.2) is 5.06 Å². The molecule has 0 saturated carbocycles. The number of amides is 1. The largest absolute Gasteiger partial charge is 0.376 e. The Labute approximate surface area is 142 Å². The zero-order chi connectivity index (χ0) is 16.5. The lowest BCUT2D eigenvalue weighted by Crippen LogP contribution is -2.37. The molecule has 3 fully saturated rings. The highest BCUT2D eigenvalue weighted by Crippen LogP contribution is 2.36. The Kier molecular flexibility index (Phi) is 4.56. The Morgan fingerprint density at radius 1 is 1.38 bits per heavy atom. The van der Waals surface area contributed by atoms with Gasteiger partial charge in [-0.3, -0.25) is 19.2 Å². The van der Waals surface area contributed by atoms with Gasteiger partial charge in [0.2, 0.25) is 5.91 Å². The van der Waals surface area contributed by atoms with Gasteiger partial charge in [0, 0.05) is 57.3 Å². The van der Waals surface area contributed by atoms with Crippen molar-refractivity contribution in [3.8, 4) is 0 Å². The molecule has 0 aromatic carbocycles. The molecule has 7 heteroatoms. The first-order valence-corrected chi connectivity index (χ1v) is 8.94. The van der Waals surface area contributed by atoms with Crippen LogP contribution in [0.5, 0.6) is 0 Å². The fraction of sp³-hybridized carbons (Fsp3) is 0.765. The zero-order valence-corrected chi connectivity index (χ0v) is 14.3. The van der Waals surface area contributed by atoms with Gasteiger partial charge in [0.1, 0.15) is 0 Å². The number of nitrogens with zero attached hydrogens (tertiary/aromatic N) is 4. The molecule has 132 valence electrons. The summed E-state index contributed by atoms with van der Waals surface area (Å²) in [5, 5.41) is 5.80. The molecule has 1 amide bonds. The molecule has 3 aliphatic heterocycles. The van der Waals surface area contributed by atoms with Crippen molar-refractivity contribution in [2.24, 2.45) is 18.9 Å². The lowest BCUT2D eigenvalue weighted by atomic mass is 9.90.